The van der Waals surface area contributed by atoms with Crippen molar-refractivity contribution in [3.05, 3.63) is 30.3 Å². The molecule has 2 nitrogen and oxygen atoms in total. The first-order chi connectivity index (χ1) is 8.03. The van der Waals surface area contributed by atoms with Crippen molar-refractivity contribution in [3.63, 3.8) is 0 Å². The number of hydrogen-bond donors (Lipinski definition) is 1. The van der Waals surface area contributed by atoms with Crippen LogP contribution < -0.4 is 5.32 Å². The predicted molar refractivity (Wildman–Crippen MR) is 78.1 cm³/mol. The van der Waals surface area contributed by atoms with E-state index < -0.39 is 8.32 Å². The average Bonchev–Trinajstić information content (AvgIpc) is 2.28. The van der Waals surface area contributed by atoms with Gasteiger partial charge in [0.05, 0.1) is 0 Å². The zero-order valence-corrected chi connectivity index (χ0v) is 12.5. The summed E-state index contributed by atoms with van der Waals surface area (Å²) in [4.78, 5) is 0. The summed E-state index contributed by atoms with van der Waals surface area (Å²) >= 11 is 0. The number of para-hydroxylation sites is 1. The molecule has 1 atom stereocenters. The first kappa shape index (κ1) is 14.3. The standard InChI is InChI=1S/C14H25NOSi/c1-5-16-17(3,4)12-11-13(2)15-14-9-7-6-8-10-14/h6-10,13,15H,5,11-12H2,1-4H3. The van der Waals surface area contributed by atoms with Crippen LogP contribution in [0.2, 0.25) is 19.1 Å². The molecular formula is C14H25NOSi. The lowest BCUT2D eigenvalue weighted by Crippen LogP contribution is -2.32. The molecule has 0 aliphatic carbocycles. The topological polar surface area (TPSA) is 21.3 Å². The van der Waals surface area contributed by atoms with Gasteiger partial charge in [-0.15, -0.1) is 0 Å². The third-order valence-electron chi connectivity index (χ3n) is 2.90. The summed E-state index contributed by atoms with van der Waals surface area (Å²) in [5.41, 5.74) is 1.20. The summed E-state index contributed by atoms with van der Waals surface area (Å²) in [6.07, 6.45) is 1.17. The van der Waals surface area contributed by atoms with E-state index in [9.17, 15) is 0 Å². The lowest BCUT2D eigenvalue weighted by atomic mass is 10.2. The summed E-state index contributed by atoms with van der Waals surface area (Å²) < 4.78 is 5.84. The van der Waals surface area contributed by atoms with Crippen LogP contribution in [0.1, 0.15) is 20.3 Å². The molecule has 0 amide bonds. The molecule has 1 aromatic rings. The van der Waals surface area contributed by atoms with Crippen LogP contribution in [0, 0.1) is 0 Å². The van der Waals surface area contributed by atoms with E-state index in [-0.39, 0.29) is 0 Å². The fraction of sp³-hybridized carbons (Fsp3) is 0.571. The van der Waals surface area contributed by atoms with Gasteiger partial charge < -0.3 is 9.74 Å². The van der Waals surface area contributed by atoms with Crippen molar-refractivity contribution >= 4 is 14.0 Å². The molecule has 1 aromatic carbocycles. The summed E-state index contributed by atoms with van der Waals surface area (Å²) in [7, 11) is -1.42. The highest BCUT2D eigenvalue weighted by Crippen LogP contribution is 2.17. The molecule has 0 saturated carbocycles. The van der Waals surface area contributed by atoms with Gasteiger partial charge in [-0.3, -0.25) is 0 Å². The highest BCUT2D eigenvalue weighted by molar-refractivity contribution is 6.71. The van der Waals surface area contributed by atoms with Crippen molar-refractivity contribution < 1.29 is 4.43 Å². The quantitative estimate of drug-likeness (QED) is 0.736. The Bertz CT molecular complexity index is 313. The fourth-order valence-corrected chi connectivity index (χ4v) is 3.97. The van der Waals surface area contributed by atoms with Crippen molar-refractivity contribution in [1.82, 2.24) is 0 Å². The van der Waals surface area contributed by atoms with Gasteiger partial charge in [0.25, 0.3) is 0 Å². The maximum absolute atomic E-state index is 5.84. The van der Waals surface area contributed by atoms with E-state index in [2.05, 4.69) is 56.5 Å². The second-order valence-corrected chi connectivity index (χ2v) is 9.45. The van der Waals surface area contributed by atoms with Gasteiger partial charge >= 0.3 is 0 Å². The Labute approximate surface area is 107 Å². The van der Waals surface area contributed by atoms with Crippen molar-refractivity contribution in [1.29, 1.82) is 0 Å². The molecule has 0 radical (unpaired) electrons. The Morgan fingerprint density at radius 2 is 1.88 bits per heavy atom. The monoisotopic (exact) mass is 251 g/mol. The molecule has 0 aliphatic rings. The predicted octanol–water partition coefficient (Wildman–Crippen LogP) is 4.12. The van der Waals surface area contributed by atoms with Crippen molar-refractivity contribution in [3.8, 4) is 0 Å². The van der Waals surface area contributed by atoms with E-state index in [4.69, 9.17) is 4.43 Å². The summed E-state index contributed by atoms with van der Waals surface area (Å²) in [6, 6.07) is 12.1. The first-order valence-corrected chi connectivity index (χ1v) is 9.60. The van der Waals surface area contributed by atoms with Crippen molar-refractivity contribution in [2.24, 2.45) is 0 Å². The number of benzene rings is 1. The largest absolute Gasteiger partial charge is 0.418 e. The van der Waals surface area contributed by atoms with Crippen LogP contribution in [-0.4, -0.2) is 21.0 Å². The second kappa shape index (κ2) is 6.82. The maximum atomic E-state index is 5.84. The van der Waals surface area contributed by atoms with Crippen molar-refractivity contribution in [2.75, 3.05) is 11.9 Å². The lowest BCUT2D eigenvalue weighted by Gasteiger charge is -2.24. The van der Waals surface area contributed by atoms with Gasteiger partial charge in [-0.1, -0.05) is 18.2 Å². The van der Waals surface area contributed by atoms with Gasteiger partial charge in [-0.2, -0.15) is 0 Å². The summed E-state index contributed by atoms with van der Waals surface area (Å²) in [5, 5.41) is 3.52. The SMILES string of the molecule is CCO[Si](C)(C)CCC(C)Nc1ccccc1. The molecule has 17 heavy (non-hydrogen) atoms. The molecule has 96 valence electrons. The minimum absolute atomic E-state index is 0.504. The molecule has 0 fully saturated rings. The second-order valence-electron chi connectivity index (χ2n) is 5.14. The van der Waals surface area contributed by atoms with E-state index in [1.165, 1.54) is 18.2 Å². The van der Waals surface area contributed by atoms with Crippen LogP contribution in [0.25, 0.3) is 0 Å². The van der Waals surface area contributed by atoms with E-state index in [0.29, 0.717) is 6.04 Å². The smallest absolute Gasteiger partial charge is 0.186 e. The minimum Gasteiger partial charge on any atom is -0.418 e. The van der Waals surface area contributed by atoms with E-state index in [0.717, 1.165) is 6.61 Å². The van der Waals surface area contributed by atoms with E-state index in [1.54, 1.807) is 0 Å². The zero-order valence-electron chi connectivity index (χ0n) is 11.5. The molecule has 1 unspecified atom stereocenters. The number of hydrogen-bond acceptors (Lipinski definition) is 2. The molecule has 0 heterocycles. The normalized spacial score (nSPS) is 13.4. The third-order valence-corrected chi connectivity index (χ3v) is 5.46. The molecular weight excluding hydrogens is 226 g/mol. The highest BCUT2D eigenvalue weighted by Gasteiger charge is 2.22. The minimum atomic E-state index is -1.42. The summed E-state index contributed by atoms with van der Waals surface area (Å²) in [6.45, 7) is 9.76. The Morgan fingerprint density at radius 3 is 2.47 bits per heavy atom. The number of nitrogens with one attached hydrogen (secondary N) is 1. The van der Waals surface area contributed by atoms with Gasteiger partial charge in [0.2, 0.25) is 0 Å². The zero-order chi connectivity index (χ0) is 12.7. The molecule has 3 heteroatoms. The molecule has 0 spiro atoms. The molecule has 0 bridgehead atoms. The van der Waals surface area contributed by atoms with Crippen LogP contribution >= 0.6 is 0 Å². The third kappa shape index (κ3) is 5.89. The molecule has 1 N–H and O–H groups in total. The van der Waals surface area contributed by atoms with Crippen LogP contribution in [0.15, 0.2) is 30.3 Å². The van der Waals surface area contributed by atoms with Gasteiger partial charge in [-0.05, 0) is 51.5 Å². The molecule has 0 aliphatic heterocycles. The Kier molecular flexibility index (Phi) is 5.72. The van der Waals surface area contributed by atoms with Crippen LogP contribution in [-0.2, 0) is 4.43 Å². The Balaban J connectivity index is 2.33. The van der Waals surface area contributed by atoms with Crippen molar-refractivity contribution in [2.45, 2.75) is 45.4 Å². The summed E-state index contributed by atoms with van der Waals surface area (Å²) in [5.74, 6) is 0. The van der Waals surface area contributed by atoms with E-state index in [1.807, 2.05) is 6.07 Å². The van der Waals surface area contributed by atoms with Gasteiger partial charge in [-0.25, -0.2) is 0 Å². The average molecular weight is 251 g/mol. The maximum Gasteiger partial charge on any atom is 0.186 e. The highest BCUT2D eigenvalue weighted by atomic mass is 28.4. The van der Waals surface area contributed by atoms with Gasteiger partial charge in [0, 0.05) is 18.3 Å². The number of anilines is 1. The first-order valence-electron chi connectivity index (χ1n) is 6.49. The van der Waals surface area contributed by atoms with Crippen LogP contribution in [0.4, 0.5) is 5.69 Å². The van der Waals surface area contributed by atoms with E-state index >= 15 is 0 Å². The molecule has 1 rings (SSSR count). The lowest BCUT2D eigenvalue weighted by molar-refractivity contribution is 0.327. The Hall–Kier alpha value is -0.803. The number of rotatable bonds is 7. The van der Waals surface area contributed by atoms with Crippen LogP contribution in [0.3, 0.4) is 0 Å². The Morgan fingerprint density at radius 1 is 1.24 bits per heavy atom. The molecule has 0 aromatic heterocycles. The van der Waals surface area contributed by atoms with Gasteiger partial charge in [0.15, 0.2) is 8.32 Å². The van der Waals surface area contributed by atoms with Gasteiger partial charge in [0.1, 0.15) is 0 Å². The molecule has 0 saturated heterocycles. The van der Waals surface area contributed by atoms with Crippen LogP contribution in [0.5, 0.6) is 0 Å². The fourth-order valence-electron chi connectivity index (χ4n) is 1.92.